The standard InChI is InChI=1S/C18H19N3/c1-18(2)10-12-5-3-4-6-15(12)17(18)20-14-8-7-13-11-19-21-16(13)9-14/h3-9,11,17,20H,10H2,1-2H3,(H,19,21). The van der Waals surface area contributed by atoms with Gasteiger partial charge in [-0.2, -0.15) is 5.10 Å². The average Bonchev–Trinajstić information content (AvgIpc) is 3.01. The Morgan fingerprint density at radius 2 is 2.05 bits per heavy atom. The minimum absolute atomic E-state index is 0.215. The first kappa shape index (κ1) is 12.5. The van der Waals surface area contributed by atoms with Crippen molar-refractivity contribution in [3.8, 4) is 0 Å². The van der Waals surface area contributed by atoms with Crippen molar-refractivity contribution in [2.45, 2.75) is 26.3 Å². The molecule has 0 radical (unpaired) electrons. The molecule has 2 N–H and O–H groups in total. The van der Waals surface area contributed by atoms with Crippen LogP contribution in [0.25, 0.3) is 10.9 Å². The third-order valence-electron chi connectivity index (χ3n) is 4.55. The van der Waals surface area contributed by atoms with E-state index >= 15 is 0 Å². The summed E-state index contributed by atoms with van der Waals surface area (Å²) in [6.45, 7) is 4.67. The van der Waals surface area contributed by atoms with Gasteiger partial charge in [-0.05, 0) is 41.2 Å². The molecule has 0 aliphatic heterocycles. The lowest BCUT2D eigenvalue weighted by Gasteiger charge is -2.29. The molecule has 21 heavy (non-hydrogen) atoms. The lowest BCUT2D eigenvalue weighted by atomic mass is 9.85. The Labute approximate surface area is 124 Å². The number of hydrogen-bond donors (Lipinski definition) is 2. The summed E-state index contributed by atoms with van der Waals surface area (Å²) in [5, 5.41) is 12.0. The predicted octanol–water partition coefficient (Wildman–Crippen LogP) is 4.30. The number of hydrogen-bond acceptors (Lipinski definition) is 2. The highest BCUT2D eigenvalue weighted by molar-refractivity contribution is 5.81. The lowest BCUT2D eigenvalue weighted by molar-refractivity contribution is 0.337. The van der Waals surface area contributed by atoms with Crippen LogP contribution in [0.1, 0.15) is 31.0 Å². The van der Waals surface area contributed by atoms with Crippen LogP contribution in [-0.2, 0) is 6.42 Å². The van der Waals surface area contributed by atoms with E-state index in [9.17, 15) is 0 Å². The summed E-state index contributed by atoms with van der Waals surface area (Å²) in [5.41, 5.74) is 5.31. The van der Waals surface area contributed by atoms with Crippen LogP contribution in [0.3, 0.4) is 0 Å². The summed E-state index contributed by atoms with van der Waals surface area (Å²) in [5.74, 6) is 0. The zero-order valence-corrected chi connectivity index (χ0v) is 12.4. The van der Waals surface area contributed by atoms with Gasteiger partial charge >= 0.3 is 0 Å². The monoisotopic (exact) mass is 277 g/mol. The minimum atomic E-state index is 0.215. The summed E-state index contributed by atoms with van der Waals surface area (Å²) in [6.07, 6.45) is 2.97. The van der Waals surface area contributed by atoms with Gasteiger partial charge in [-0.3, -0.25) is 5.10 Å². The molecule has 2 aromatic carbocycles. The van der Waals surface area contributed by atoms with Crippen molar-refractivity contribution >= 4 is 16.6 Å². The van der Waals surface area contributed by atoms with Crippen molar-refractivity contribution in [3.05, 3.63) is 59.8 Å². The molecule has 0 saturated heterocycles. The van der Waals surface area contributed by atoms with Gasteiger partial charge in [0.25, 0.3) is 0 Å². The minimum Gasteiger partial charge on any atom is -0.378 e. The molecule has 0 bridgehead atoms. The Bertz CT molecular complexity index is 801. The highest BCUT2D eigenvalue weighted by Gasteiger charge is 2.38. The molecule has 1 aliphatic carbocycles. The lowest BCUT2D eigenvalue weighted by Crippen LogP contribution is -2.24. The molecular weight excluding hydrogens is 258 g/mol. The second kappa shape index (κ2) is 4.35. The summed E-state index contributed by atoms with van der Waals surface area (Å²) in [4.78, 5) is 0. The van der Waals surface area contributed by atoms with Crippen LogP contribution in [0.4, 0.5) is 5.69 Å². The number of benzene rings is 2. The van der Waals surface area contributed by atoms with Crippen molar-refractivity contribution in [2.24, 2.45) is 5.41 Å². The second-order valence-corrected chi connectivity index (χ2v) is 6.61. The van der Waals surface area contributed by atoms with E-state index in [2.05, 4.69) is 71.8 Å². The first-order chi connectivity index (χ1) is 10.1. The van der Waals surface area contributed by atoms with Gasteiger partial charge in [-0.1, -0.05) is 38.1 Å². The zero-order valence-electron chi connectivity index (χ0n) is 12.4. The number of nitrogens with zero attached hydrogens (tertiary/aromatic N) is 1. The van der Waals surface area contributed by atoms with Gasteiger partial charge in [0.1, 0.15) is 0 Å². The highest BCUT2D eigenvalue weighted by atomic mass is 15.1. The van der Waals surface area contributed by atoms with Crippen LogP contribution < -0.4 is 5.32 Å². The topological polar surface area (TPSA) is 40.7 Å². The van der Waals surface area contributed by atoms with Crippen LogP contribution in [0.5, 0.6) is 0 Å². The maximum absolute atomic E-state index is 4.09. The van der Waals surface area contributed by atoms with Crippen molar-refractivity contribution in [2.75, 3.05) is 5.32 Å². The summed E-state index contributed by atoms with van der Waals surface area (Å²) in [7, 11) is 0. The number of aromatic nitrogens is 2. The Hall–Kier alpha value is -2.29. The highest BCUT2D eigenvalue weighted by Crippen LogP contribution is 2.46. The molecule has 106 valence electrons. The molecule has 0 fully saturated rings. The molecule has 3 aromatic rings. The smallest absolute Gasteiger partial charge is 0.0670 e. The third-order valence-corrected chi connectivity index (χ3v) is 4.55. The number of anilines is 1. The van der Waals surface area contributed by atoms with E-state index in [1.165, 1.54) is 11.1 Å². The molecule has 1 aromatic heterocycles. The summed E-state index contributed by atoms with van der Waals surface area (Å²) in [6, 6.07) is 15.5. The maximum atomic E-state index is 4.09. The van der Waals surface area contributed by atoms with Crippen LogP contribution in [0, 0.1) is 5.41 Å². The molecule has 3 nitrogen and oxygen atoms in total. The molecule has 1 unspecified atom stereocenters. The fraction of sp³-hybridized carbons (Fsp3) is 0.278. The van der Waals surface area contributed by atoms with Gasteiger partial charge in [0.05, 0.1) is 17.8 Å². The van der Waals surface area contributed by atoms with Crippen molar-refractivity contribution in [1.82, 2.24) is 10.2 Å². The molecule has 1 atom stereocenters. The van der Waals surface area contributed by atoms with E-state index in [1.54, 1.807) is 0 Å². The van der Waals surface area contributed by atoms with E-state index in [0.717, 1.165) is 23.0 Å². The van der Waals surface area contributed by atoms with Gasteiger partial charge in [0.2, 0.25) is 0 Å². The van der Waals surface area contributed by atoms with Crippen LogP contribution >= 0.6 is 0 Å². The number of nitrogens with one attached hydrogen (secondary N) is 2. The molecular formula is C18H19N3. The maximum Gasteiger partial charge on any atom is 0.0670 e. The number of rotatable bonds is 2. The van der Waals surface area contributed by atoms with E-state index in [4.69, 9.17) is 0 Å². The molecule has 3 heteroatoms. The number of aromatic amines is 1. The van der Waals surface area contributed by atoms with Gasteiger partial charge in [-0.25, -0.2) is 0 Å². The quantitative estimate of drug-likeness (QED) is 0.733. The van der Waals surface area contributed by atoms with Crippen molar-refractivity contribution in [1.29, 1.82) is 0 Å². The molecule has 0 spiro atoms. The van der Waals surface area contributed by atoms with Crippen molar-refractivity contribution in [3.63, 3.8) is 0 Å². The Morgan fingerprint density at radius 3 is 2.95 bits per heavy atom. The SMILES string of the molecule is CC1(C)Cc2ccccc2C1Nc1ccc2cn[nH]c2c1. The Morgan fingerprint density at radius 1 is 1.19 bits per heavy atom. The van der Waals surface area contributed by atoms with E-state index in [-0.39, 0.29) is 5.41 Å². The molecule has 1 aliphatic rings. The largest absolute Gasteiger partial charge is 0.378 e. The normalized spacial score (nSPS) is 19.6. The summed E-state index contributed by atoms with van der Waals surface area (Å²) >= 11 is 0. The van der Waals surface area contributed by atoms with Crippen LogP contribution in [0.15, 0.2) is 48.7 Å². The first-order valence-corrected chi connectivity index (χ1v) is 7.41. The van der Waals surface area contributed by atoms with Gasteiger partial charge in [-0.15, -0.1) is 0 Å². The van der Waals surface area contributed by atoms with Crippen LogP contribution in [-0.4, -0.2) is 10.2 Å². The molecule has 1 heterocycles. The first-order valence-electron chi connectivity index (χ1n) is 7.41. The molecule has 0 amide bonds. The number of fused-ring (bicyclic) bond motifs is 2. The number of H-pyrrole nitrogens is 1. The van der Waals surface area contributed by atoms with Gasteiger partial charge < -0.3 is 5.32 Å². The van der Waals surface area contributed by atoms with Crippen LogP contribution in [0.2, 0.25) is 0 Å². The predicted molar refractivity (Wildman–Crippen MR) is 86.4 cm³/mol. The third kappa shape index (κ3) is 2.00. The van der Waals surface area contributed by atoms with E-state index < -0.39 is 0 Å². The molecule has 0 saturated carbocycles. The fourth-order valence-corrected chi connectivity index (χ4v) is 3.46. The van der Waals surface area contributed by atoms with Gasteiger partial charge in [0, 0.05) is 11.1 Å². The second-order valence-electron chi connectivity index (χ2n) is 6.61. The van der Waals surface area contributed by atoms with E-state index in [0.29, 0.717) is 6.04 Å². The zero-order chi connectivity index (χ0) is 14.4. The van der Waals surface area contributed by atoms with Gasteiger partial charge in [0.15, 0.2) is 0 Å². The molecule has 4 rings (SSSR count). The average molecular weight is 277 g/mol. The van der Waals surface area contributed by atoms with E-state index in [1.807, 2.05) is 6.20 Å². The fourth-order valence-electron chi connectivity index (χ4n) is 3.46. The summed E-state index contributed by atoms with van der Waals surface area (Å²) < 4.78 is 0. The Balaban J connectivity index is 1.72. The van der Waals surface area contributed by atoms with Crippen molar-refractivity contribution < 1.29 is 0 Å². The Kier molecular flexibility index (Phi) is 2.58.